The molecule has 0 fully saturated rings. The van der Waals surface area contributed by atoms with Crippen molar-refractivity contribution in [3.8, 4) is 0 Å². The van der Waals surface area contributed by atoms with E-state index in [0.29, 0.717) is 0 Å². The molecule has 0 aliphatic rings. The van der Waals surface area contributed by atoms with E-state index in [9.17, 15) is 49.2 Å². The molecule has 0 saturated carbocycles. The predicted octanol–water partition coefficient (Wildman–Crippen LogP) is 0.0748. The summed E-state index contributed by atoms with van der Waals surface area (Å²) in [6, 6.07) is 0. The number of rotatable bonds is 10. The van der Waals surface area contributed by atoms with Crippen molar-refractivity contribution in [1.82, 2.24) is 0 Å². The first kappa shape index (κ1) is 20.6. The zero-order chi connectivity index (χ0) is 18.6. The Morgan fingerprint density at radius 1 is 0.783 bits per heavy atom. The molecule has 0 N–H and O–H groups in total. The predicted molar refractivity (Wildman–Crippen MR) is 65.0 cm³/mol. The Balaban J connectivity index is 4.97. The highest BCUT2D eigenvalue weighted by Gasteiger charge is 2.61. The lowest BCUT2D eigenvalue weighted by Crippen LogP contribution is -2.52. The summed E-state index contributed by atoms with van der Waals surface area (Å²) in [6.45, 7) is -1.54. The van der Waals surface area contributed by atoms with E-state index in [1.165, 1.54) is 0 Å². The summed E-state index contributed by atoms with van der Waals surface area (Å²) in [6.07, 6.45) is 0. The quantitative estimate of drug-likeness (QED) is 0.168. The molecule has 0 saturated heterocycles. The van der Waals surface area contributed by atoms with Crippen molar-refractivity contribution >= 4 is 8.56 Å². The normalized spacial score (nSPS) is 12.7. The van der Waals surface area contributed by atoms with E-state index >= 15 is 0 Å². The molecule has 0 atom stereocenters. The summed E-state index contributed by atoms with van der Waals surface area (Å²) in [4.78, 5) is 33.7. The molecule has 0 amide bonds. The second-order valence-corrected chi connectivity index (χ2v) is 7.82. The number of nitrogens with zero attached hydrogens (tertiary/aromatic N) is 4. The largest absolute Gasteiger partial charge is 0.636 e. The summed E-state index contributed by atoms with van der Waals surface area (Å²) in [5, 5.41) is 41.3. The molecule has 0 heterocycles. The second-order valence-electron chi connectivity index (χ2n) is 4.44. The smallest absolute Gasteiger partial charge is 0.377 e. The van der Waals surface area contributed by atoms with Gasteiger partial charge in [0, 0.05) is 0 Å². The SMILES string of the molecule is C[Si](C)(OCC(F)([N+](=O)[O-])[N+](=O)[O-])OCC(F)([N+](=O)[O-])[N+](=O)[O-]. The third kappa shape index (κ3) is 4.79. The highest BCUT2D eigenvalue weighted by molar-refractivity contribution is 6.64. The van der Waals surface area contributed by atoms with Gasteiger partial charge >= 0.3 is 20.4 Å². The lowest BCUT2D eigenvalue weighted by atomic mass is 10.5. The lowest BCUT2D eigenvalue weighted by Gasteiger charge is -2.22. The first-order valence-corrected chi connectivity index (χ1v) is 8.24. The fourth-order valence-electron chi connectivity index (χ4n) is 0.917. The molecule has 23 heavy (non-hydrogen) atoms. The van der Waals surface area contributed by atoms with Crippen molar-refractivity contribution in [3.63, 3.8) is 0 Å². The molecule has 0 rings (SSSR count). The van der Waals surface area contributed by atoms with Crippen LogP contribution in [-0.2, 0) is 8.85 Å². The Bertz CT molecular complexity index is 457. The van der Waals surface area contributed by atoms with Gasteiger partial charge in [0.1, 0.15) is 19.7 Å². The van der Waals surface area contributed by atoms with Gasteiger partial charge in [-0.05, 0) is 13.1 Å². The topological polar surface area (TPSA) is 191 Å². The van der Waals surface area contributed by atoms with Gasteiger partial charge in [0.2, 0.25) is 13.2 Å². The van der Waals surface area contributed by atoms with E-state index < -0.39 is 53.3 Å². The monoisotopic (exact) mass is 364 g/mol. The molecule has 0 aliphatic heterocycles. The van der Waals surface area contributed by atoms with Gasteiger partial charge in [-0.25, -0.2) is 0 Å². The Morgan fingerprint density at radius 3 is 1.17 bits per heavy atom. The van der Waals surface area contributed by atoms with Gasteiger partial charge in [0.15, 0.2) is 0 Å². The Hall–Kier alpha value is -2.40. The molecule has 132 valence electrons. The minimum absolute atomic E-state index is 0.966. The molecule has 14 nitrogen and oxygen atoms in total. The van der Waals surface area contributed by atoms with Crippen molar-refractivity contribution in [2.24, 2.45) is 0 Å². The van der Waals surface area contributed by atoms with Crippen LogP contribution in [0.2, 0.25) is 13.1 Å². The maximum Gasteiger partial charge on any atom is 0.636 e. The van der Waals surface area contributed by atoms with Crippen LogP contribution in [0.5, 0.6) is 0 Å². The standard InChI is InChI=1S/C6H10F2N4O10Si/c1-23(2,21-3-5(7,9(13)14)10(15)16)22-4-6(8,11(17)18)12(19)20/h3-4H2,1-2H3. The zero-order valence-electron chi connectivity index (χ0n) is 11.5. The van der Waals surface area contributed by atoms with Crippen LogP contribution in [0.1, 0.15) is 0 Å². The molecule has 0 aromatic rings. The van der Waals surface area contributed by atoms with E-state index in [2.05, 4.69) is 8.85 Å². The molecule has 0 aromatic carbocycles. The van der Waals surface area contributed by atoms with E-state index in [1.807, 2.05) is 0 Å². The molecule has 0 radical (unpaired) electrons. The van der Waals surface area contributed by atoms with E-state index in [4.69, 9.17) is 0 Å². The van der Waals surface area contributed by atoms with Crippen molar-refractivity contribution < 1.29 is 37.3 Å². The summed E-state index contributed by atoms with van der Waals surface area (Å²) < 4.78 is 35.9. The Morgan fingerprint density at radius 2 is 1.00 bits per heavy atom. The van der Waals surface area contributed by atoms with E-state index in [0.717, 1.165) is 13.1 Å². The summed E-state index contributed by atoms with van der Waals surface area (Å²) in [5.41, 5.74) is 0. The van der Waals surface area contributed by atoms with Gasteiger partial charge in [-0.2, -0.15) is 0 Å². The first-order valence-electron chi connectivity index (χ1n) is 5.43. The van der Waals surface area contributed by atoms with Crippen molar-refractivity contribution in [2.45, 2.75) is 24.9 Å². The van der Waals surface area contributed by atoms with Crippen molar-refractivity contribution in [1.29, 1.82) is 0 Å². The summed E-state index contributed by atoms with van der Waals surface area (Å²) >= 11 is 0. The van der Waals surface area contributed by atoms with Crippen LogP contribution < -0.4 is 0 Å². The molecule has 17 heteroatoms. The first-order chi connectivity index (χ1) is 10.2. The van der Waals surface area contributed by atoms with Crippen LogP contribution in [0.15, 0.2) is 0 Å². The molecule has 0 unspecified atom stereocenters. The Kier molecular flexibility index (Phi) is 6.08. The minimum atomic E-state index is -4.22. The van der Waals surface area contributed by atoms with E-state index in [-0.39, 0.29) is 0 Å². The molecule has 0 bridgehead atoms. The highest BCUT2D eigenvalue weighted by atomic mass is 28.4. The van der Waals surface area contributed by atoms with Crippen LogP contribution in [-0.4, -0.2) is 53.3 Å². The molecular formula is C6H10F2N4O10Si. The van der Waals surface area contributed by atoms with Crippen LogP contribution in [0.4, 0.5) is 8.78 Å². The van der Waals surface area contributed by atoms with Gasteiger partial charge in [0.05, 0.1) is 0 Å². The van der Waals surface area contributed by atoms with Crippen LogP contribution >= 0.6 is 0 Å². The van der Waals surface area contributed by atoms with Gasteiger partial charge in [-0.15, -0.1) is 0 Å². The number of hydrogen-bond acceptors (Lipinski definition) is 10. The fraction of sp³-hybridized carbons (Fsp3) is 1.00. The van der Waals surface area contributed by atoms with E-state index in [1.54, 1.807) is 0 Å². The number of hydrogen-bond donors (Lipinski definition) is 0. The zero-order valence-corrected chi connectivity index (χ0v) is 12.5. The van der Waals surface area contributed by atoms with Crippen molar-refractivity contribution in [3.05, 3.63) is 40.5 Å². The van der Waals surface area contributed by atoms with Crippen LogP contribution in [0.25, 0.3) is 0 Å². The van der Waals surface area contributed by atoms with Crippen molar-refractivity contribution in [2.75, 3.05) is 13.2 Å². The fourth-order valence-corrected chi connectivity index (χ4v) is 2.06. The third-order valence-corrected chi connectivity index (χ3v) is 4.00. The molecule has 0 aromatic heterocycles. The van der Waals surface area contributed by atoms with Gasteiger partial charge in [-0.1, -0.05) is 8.78 Å². The summed E-state index contributed by atoms with van der Waals surface area (Å²) in [5.74, 6) is -8.43. The number of alkyl halides is 2. The van der Waals surface area contributed by atoms with Crippen LogP contribution in [0, 0.1) is 40.5 Å². The van der Waals surface area contributed by atoms with Crippen LogP contribution in [0.3, 0.4) is 0 Å². The minimum Gasteiger partial charge on any atom is -0.377 e. The Labute approximate surface area is 125 Å². The highest BCUT2D eigenvalue weighted by Crippen LogP contribution is 2.20. The average molecular weight is 364 g/mol. The number of halogens is 2. The number of nitro groups is 4. The third-order valence-electron chi connectivity index (χ3n) is 2.33. The average Bonchev–Trinajstić information content (AvgIpc) is 2.41. The second kappa shape index (κ2) is 6.79. The molecule has 0 aliphatic carbocycles. The van der Waals surface area contributed by atoms with Gasteiger partial charge in [-0.3, -0.25) is 40.5 Å². The lowest BCUT2D eigenvalue weighted by molar-refractivity contribution is -0.833. The van der Waals surface area contributed by atoms with Gasteiger partial charge in [0.25, 0.3) is 0 Å². The maximum absolute atomic E-state index is 13.5. The summed E-state index contributed by atoms with van der Waals surface area (Å²) in [7, 11) is -3.80. The molecular weight excluding hydrogens is 354 g/mol. The molecule has 0 spiro atoms. The maximum atomic E-state index is 13.5. The van der Waals surface area contributed by atoms with Gasteiger partial charge < -0.3 is 8.85 Å².